The Hall–Kier alpha value is -0.920. The number of rotatable bonds is 3. The van der Waals surface area contributed by atoms with E-state index in [1.165, 1.54) is 0 Å². The summed E-state index contributed by atoms with van der Waals surface area (Å²) in [5.74, 6) is -0.0722. The van der Waals surface area contributed by atoms with Gasteiger partial charge in [-0.05, 0) is 22.9 Å². The molecule has 1 aromatic rings. The lowest BCUT2D eigenvalue weighted by molar-refractivity contribution is -0.145. The number of carboxylic acids is 1. The monoisotopic (exact) mass is 317 g/mol. The van der Waals surface area contributed by atoms with Crippen LogP contribution < -0.4 is 0 Å². The molecule has 2 rings (SSSR count). The Morgan fingerprint density at radius 1 is 1.50 bits per heavy atom. The second-order valence-electron chi connectivity index (χ2n) is 4.28. The number of imidazole rings is 1. The van der Waals surface area contributed by atoms with Gasteiger partial charge in [-0.1, -0.05) is 0 Å². The molecule has 0 saturated carbocycles. The van der Waals surface area contributed by atoms with E-state index in [9.17, 15) is 9.90 Å². The fourth-order valence-corrected chi connectivity index (χ4v) is 2.90. The van der Waals surface area contributed by atoms with Gasteiger partial charge in [-0.25, -0.2) is 4.98 Å². The van der Waals surface area contributed by atoms with E-state index in [2.05, 4.69) is 20.9 Å². The van der Waals surface area contributed by atoms with Gasteiger partial charge in [0.2, 0.25) is 0 Å². The van der Waals surface area contributed by atoms with Crippen molar-refractivity contribution >= 4 is 21.9 Å². The van der Waals surface area contributed by atoms with Crippen molar-refractivity contribution in [2.75, 3.05) is 26.3 Å². The van der Waals surface area contributed by atoms with Crippen LogP contribution in [0.2, 0.25) is 0 Å². The smallest absolute Gasteiger partial charge is 0.327 e. The normalized spacial score (nSPS) is 18.8. The summed E-state index contributed by atoms with van der Waals surface area (Å²) in [7, 11) is 1.83. The average molecular weight is 318 g/mol. The molecule has 7 heteroatoms. The lowest BCUT2D eigenvalue weighted by Crippen LogP contribution is -2.43. The van der Waals surface area contributed by atoms with Crippen LogP contribution in [0.3, 0.4) is 0 Å². The molecule has 0 aliphatic carbocycles. The first-order valence-corrected chi connectivity index (χ1v) is 6.55. The molecule has 100 valence electrons. The van der Waals surface area contributed by atoms with E-state index in [0.717, 1.165) is 5.82 Å². The molecule has 1 aliphatic rings. The van der Waals surface area contributed by atoms with Crippen LogP contribution in [-0.2, 0) is 16.6 Å². The van der Waals surface area contributed by atoms with Gasteiger partial charge in [-0.15, -0.1) is 0 Å². The predicted molar refractivity (Wildman–Crippen MR) is 68.4 cm³/mol. The quantitative estimate of drug-likeness (QED) is 0.899. The zero-order valence-corrected chi connectivity index (χ0v) is 12.0. The highest BCUT2D eigenvalue weighted by atomic mass is 79.9. The number of aromatic nitrogens is 2. The third-order valence-corrected chi connectivity index (χ3v) is 3.81. The molecule has 0 amide bonds. The van der Waals surface area contributed by atoms with Gasteiger partial charge in [0.05, 0.1) is 18.9 Å². The molecule has 0 aromatic carbocycles. The summed E-state index contributed by atoms with van der Waals surface area (Å²) in [4.78, 5) is 17.7. The Bertz CT molecular complexity index is 455. The number of nitrogens with zero attached hydrogens (tertiary/aromatic N) is 3. The molecular formula is C11H16BrN3O3. The van der Waals surface area contributed by atoms with Gasteiger partial charge in [0.1, 0.15) is 10.4 Å². The lowest BCUT2D eigenvalue weighted by atomic mass is 10.1. The summed E-state index contributed by atoms with van der Waals surface area (Å²) in [5, 5.41) is 9.49. The maximum absolute atomic E-state index is 11.6. The molecule has 1 saturated heterocycles. The van der Waals surface area contributed by atoms with Gasteiger partial charge in [0.15, 0.2) is 6.04 Å². The standard InChI is InChI=1S/C11H16BrN3O3/c1-7-13-10(12)8(14(7)2)9(11(16)17)15-3-5-18-6-4-15/h9H,3-6H2,1-2H3,(H,16,17). The van der Waals surface area contributed by atoms with Crippen LogP contribution in [0.15, 0.2) is 4.60 Å². The Morgan fingerprint density at radius 3 is 2.56 bits per heavy atom. The maximum Gasteiger partial charge on any atom is 0.327 e. The zero-order chi connectivity index (χ0) is 13.3. The van der Waals surface area contributed by atoms with Gasteiger partial charge < -0.3 is 14.4 Å². The van der Waals surface area contributed by atoms with Crippen LogP contribution in [0, 0.1) is 6.92 Å². The second kappa shape index (κ2) is 5.38. The molecule has 18 heavy (non-hydrogen) atoms. The fourth-order valence-electron chi connectivity index (χ4n) is 2.17. The van der Waals surface area contributed by atoms with Crippen molar-refractivity contribution in [1.29, 1.82) is 0 Å². The fraction of sp³-hybridized carbons (Fsp3) is 0.636. The molecule has 0 radical (unpaired) electrons. The lowest BCUT2D eigenvalue weighted by Gasteiger charge is -2.32. The van der Waals surface area contributed by atoms with Gasteiger partial charge in [-0.3, -0.25) is 9.69 Å². The molecule has 6 nitrogen and oxygen atoms in total. The highest BCUT2D eigenvalue weighted by Gasteiger charge is 2.33. The summed E-state index contributed by atoms with van der Waals surface area (Å²) < 4.78 is 7.68. The highest BCUT2D eigenvalue weighted by molar-refractivity contribution is 9.10. The van der Waals surface area contributed by atoms with E-state index in [1.807, 2.05) is 23.4 Å². The van der Waals surface area contributed by atoms with Crippen LogP contribution in [0.4, 0.5) is 0 Å². The van der Waals surface area contributed by atoms with Crippen LogP contribution in [-0.4, -0.2) is 51.8 Å². The molecule has 1 atom stereocenters. The van der Waals surface area contributed by atoms with Crippen molar-refractivity contribution < 1.29 is 14.6 Å². The molecule has 1 fully saturated rings. The molecule has 1 aromatic heterocycles. The minimum atomic E-state index is -0.861. The first-order valence-electron chi connectivity index (χ1n) is 5.75. The number of hydrogen-bond acceptors (Lipinski definition) is 4. The van der Waals surface area contributed by atoms with Crippen molar-refractivity contribution in [3.8, 4) is 0 Å². The van der Waals surface area contributed by atoms with Gasteiger partial charge in [0.25, 0.3) is 0 Å². The van der Waals surface area contributed by atoms with E-state index in [-0.39, 0.29) is 0 Å². The van der Waals surface area contributed by atoms with E-state index in [0.29, 0.717) is 36.6 Å². The predicted octanol–water partition coefficient (Wildman–Crippen LogP) is 0.949. The number of halogens is 1. The van der Waals surface area contributed by atoms with E-state index in [4.69, 9.17) is 4.74 Å². The minimum absolute atomic E-state index is 0.568. The number of hydrogen-bond donors (Lipinski definition) is 1. The summed E-state index contributed by atoms with van der Waals surface area (Å²) >= 11 is 3.35. The highest BCUT2D eigenvalue weighted by Crippen LogP contribution is 2.29. The number of aliphatic carboxylic acids is 1. The Morgan fingerprint density at radius 2 is 2.11 bits per heavy atom. The summed E-state index contributed by atoms with van der Waals surface area (Å²) in [6, 6.07) is -0.686. The summed E-state index contributed by atoms with van der Waals surface area (Å²) in [6.45, 7) is 4.23. The summed E-state index contributed by atoms with van der Waals surface area (Å²) in [6.07, 6.45) is 0. The van der Waals surface area contributed by atoms with Crippen LogP contribution in [0.25, 0.3) is 0 Å². The minimum Gasteiger partial charge on any atom is -0.480 e. The Kier molecular flexibility index (Phi) is 4.04. The SMILES string of the molecule is Cc1nc(Br)c(C(C(=O)O)N2CCOCC2)n1C. The van der Waals surface area contributed by atoms with Gasteiger partial charge in [-0.2, -0.15) is 0 Å². The molecule has 0 bridgehead atoms. The Labute approximate surface area is 114 Å². The number of aryl methyl sites for hydroxylation is 1. The molecule has 1 aliphatic heterocycles. The van der Waals surface area contributed by atoms with Crippen molar-refractivity contribution in [2.24, 2.45) is 7.05 Å². The first kappa shape index (κ1) is 13.5. The van der Waals surface area contributed by atoms with Crippen LogP contribution >= 0.6 is 15.9 Å². The topological polar surface area (TPSA) is 67.6 Å². The second-order valence-corrected chi connectivity index (χ2v) is 5.03. The van der Waals surface area contributed by atoms with Gasteiger partial charge >= 0.3 is 5.97 Å². The molecular weight excluding hydrogens is 302 g/mol. The molecule has 0 spiro atoms. The third kappa shape index (κ3) is 2.43. The average Bonchev–Trinajstić information content (AvgIpc) is 2.57. The summed E-state index contributed by atoms with van der Waals surface area (Å²) in [5.41, 5.74) is 0.682. The van der Waals surface area contributed by atoms with Crippen LogP contribution in [0.1, 0.15) is 17.6 Å². The van der Waals surface area contributed by atoms with Crippen LogP contribution in [0.5, 0.6) is 0 Å². The maximum atomic E-state index is 11.6. The van der Waals surface area contributed by atoms with Crippen molar-refractivity contribution in [1.82, 2.24) is 14.5 Å². The molecule has 2 heterocycles. The number of carbonyl (C=O) groups is 1. The zero-order valence-electron chi connectivity index (χ0n) is 10.4. The number of ether oxygens (including phenoxy) is 1. The number of carboxylic acid groups (broad SMARTS) is 1. The van der Waals surface area contributed by atoms with Crippen molar-refractivity contribution in [2.45, 2.75) is 13.0 Å². The third-order valence-electron chi connectivity index (χ3n) is 3.22. The Balaban J connectivity index is 2.37. The van der Waals surface area contributed by atoms with E-state index >= 15 is 0 Å². The molecule has 1 N–H and O–H groups in total. The van der Waals surface area contributed by atoms with Crippen molar-refractivity contribution in [3.05, 3.63) is 16.1 Å². The van der Waals surface area contributed by atoms with Gasteiger partial charge in [0, 0.05) is 20.1 Å². The van der Waals surface area contributed by atoms with Crippen molar-refractivity contribution in [3.63, 3.8) is 0 Å². The van der Waals surface area contributed by atoms with E-state index < -0.39 is 12.0 Å². The number of morpholine rings is 1. The molecule has 1 unspecified atom stereocenters. The first-order chi connectivity index (χ1) is 8.52. The van der Waals surface area contributed by atoms with E-state index in [1.54, 1.807) is 0 Å². The largest absolute Gasteiger partial charge is 0.480 e.